The van der Waals surface area contributed by atoms with E-state index in [-0.39, 0.29) is 21.4 Å². The van der Waals surface area contributed by atoms with Crippen molar-refractivity contribution in [2.75, 3.05) is 25.6 Å². The first-order valence-corrected chi connectivity index (χ1v) is 13.4. The van der Waals surface area contributed by atoms with E-state index >= 15 is 0 Å². The SMILES string of the molecule is CCO[Si](CCCC=C(CS(=O)(=O)c1ccc(C)cc1)C(=O)O)(OCC)OCC.[SiH4]. The minimum atomic E-state index is -3.73. The fraction of sp³-hybridized carbons (Fsp3) is 0.550. The third-order valence-electron chi connectivity index (χ3n) is 4.17. The van der Waals surface area contributed by atoms with Gasteiger partial charge < -0.3 is 18.4 Å². The highest BCUT2D eigenvalue weighted by molar-refractivity contribution is 7.91. The van der Waals surface area contributed by atoms with E-state index in [0.717, 1.165) is 5.56 Å². The second-order valence-electron chi connectivity index (χ2n) is 6.48. The molecule has 0 saturated carbocycles. The molecule has 0 aliphatic carbocycles. The fourth-order valence-electron chi connectivity index (χ4n) is 2.84. The van der Waals surface area contributed by atoms with Crippen LogP contribution in [0.4, 0.5) is 0 Å². The Morgan fingerprint density at radius 1 is 1.03 bits per heavy atom. The van der Waals surface area contributed by atoms with E-state index < -0.39 is 30.4 Å². The summed E-state index contributed by atoms with van der Waals surface area (Å²) in [6.45, 7) is 8.88. The number of hydrogen-bond donors (Lipinski definition) is 1. The van der Waals surface area contributed by atoms with Crippen molar-refractivity contribution in [2.45, 2.75) is 51.5 Å². The number of carbonyl (C=O) groups is 1. The summed E-state index contributed by atoms with van der Waals surface area (Å²) in [6, 6.07) is 6.91. The second kappa shape index (κ2) is 13.9. The third-order valence-corrected chi connectivity index (χ3v) is 9.00. The normalized spacial score (nSPS) is 12.5. The van der Waals surface area contributed by atoms with E-state index in [1.807, 2.05) is 27.7 Å². The van der Waals surface area contributed by atoms with E-state index in [1.165, 1.54) is 18.2 Å². The van der Waals surface area contributed by atoms with E-state index in [0.29, 0.717) is 38.7 Å². The summed E-state index contributed by atoms with van der Waals surface area (Å²) in [7, 11) is -6.52. The highest BCUT2D eigenvalue weighted by atomic mass is 32.2. The van der Waals surface area contributed by atoms with Crippen LogP contribution in [0.25, 0.3) is 0 Å². The molecule has 1 aromatic carbocycles. The number of hydrogen-bond acceptors (Lipinski definition) is 6. The number of benzene rings is 1. The van der Waals surface area contributed by atoms with Crippen LogP contribution in [-0.4, -0.2) is 64.8 Å². The molecule has 7 nitrogen and oxygen atoms in total. The number of rotatable bonds is 14. The van der Waals surface area contributed by atoms with Crippen LogP contribution in [0, 0.1) is 6.92 Å². The van der Waals surface area contributed by atoms with Gasteiger partial charge in [-0.2, -0.15) is 0 Å². The first-order valence-electron chi connectivity index (χ1n) is 9.83. The van der Waals surface area contributed by atoms with Crippen LogP contribution < -0.4 is 0 Å². The van der Waals surface area contributed by atoms with Gasteiger partial charge in [0, 0.05) is 31.4 Å². The molecule has 0 unspecified atom stereocenters. The second-order valence-corrected chi connectivity index (χ2v) is 11.2. The number of allylic oxidation sites excluding steroid dienone is 1. The van der Waals surface area contributed by atoms with Gasteiger partial charge in [0.15, 0.2) is 9.84 Å². The van der Waals surface area contributed by atoms with E-state index in [4.69, 9.17) is 13.3 Å². The molecule has 0 aliphatic heterocycles. The highest BCUT2D eigenvalue weighted by Gasteiger charge is 2.39. The molecular weight excluding hydrogens is 440 g/mol. The minimum absolute atomic E-state index is 0. The van der Waals surface area contributed by atoms with Gasteiger partial charge in [0.2, 0.25) is 0 Å². The van der Waals surface area contributed by atoms with Gasteiger partial charge in [0.1, 0.15) is 0 Å². The van der Waals surface area contributed by atoms with Crippen LogP contribution in [-0.2, 0) is 27.9 Å². The van der Waals surface area contributed by atoms with Crippen LogP contribution in [0.15, 0.2) is 40.8 Å². The van der Waals surface area contributed by atoms with Crippen LogP contribution in [0.3, 0.4) is 0 Å². The van der Waals surface area contributed by atoms with Crippen molar-refractivity contribution >= 4 is 35.6 Å². The molecule has 0 spiro atoms. The van der Waals surface area contributed by atoms with Crippen molar-refractivity contribution in [3.8, 4) is 0 Å². The summed E-state index contributed by atoms with van der Waals surface area (Å²) in [5, 5.41) is 9.44. The minimum Gasteiger partial charge on any atom is -0.478 e. The van der Waals surface area contributed by atoms with Gasteiger partial charge in [-0.1, -0.05) is 23.8 Å². The predicted octanol–water partition coefficient (Wildman–Crippen LogP) is 2.16. The molecule has 0 fully saturated rings. The lowest BCUT2D eigenvalue weighted by Crippen LogP contribution is -2.45. The Morgan fingerprint density at radius 3 is 1.97 bits per heavy atom. The molecule has 0 atom stereocenters. The van der Waals surface area contributed by atoms with Crippen molar-refractivity contribution < 1.29 is 31.6 Å². The van der Waals surface area contributed by atoms with Crippen LogP contribution in [0.5, 0.6) is 0 Å². The van der Waals surface area contributed by atoms with Crippen LogP contribution in [0.2, 0.25) is 6.04 Å². The zero-order chi connectivity index (χ0) is 21.9. The summed E-state index contributed by atoms with van der Waals surface area (Å²) in [5.41, 5.74) is 0.797. The van der Waals surface area contributed by atoms with E-state index in [9.17, 15) is 18.3 Å². The smallest absolute Gasteiger partial charge is 0.478 e. The zero-order valence-electron chi connectivity index (χ0n) is 17.6. The Hall–Kier alpha value is -1.31. The Morgan fingerprint density at radius 2 is 1.53 bits per heavy atom. The number of aryl methyl sites for hydroxylation is 1. The molecule has 0 aliphatic rings. The van der Waals surface area contributed by atoms with Gasteiger partial charge in [0.05, 0.1) is 10.6 Å². The maximum atomic E-state index is 12.5. The summed E-state index contributed by atoms with van der Waals surface area (Å²) >= 11 is 0. The van der Waals surface area contributed by atoms with Gasteiger partial charge in [-0.3, -0.25) is 0 Å². The van der Waals surface area contributed by atoms with Crippen molar-refractivity contribution in [3.63, 3.8) is 0 Å². The fourth-order valence-corrected chi connectivity index (χ4v) is 6.85. The average molecular weight is 477 g/mol. The van der Waals surface area contributed by atoms with Crippen molar-refractivity contribution in [2.24, 2.45) is 0 Å². The molecule has 10 heteroatoms. The Kier molecular flexibility index (Phi) is 13.3. The number of carboxylic acid groups (broad SMARTS) is 1. The molecule has 1 rings (SSSR count). The lowest BCUT2D eigenvalue weighted by Gasteiger charge is -2.28. The number of aliphatic carboxylic acids is 1. The lowest BCUT2D eigenvalue weighted by molar-refractivity contribution is -0.132. The topological polar surface area (TPSA) is 99.1 Å². The standard InChI is InChI=1S/C20H32O7SSi.H4Si/c1-5-25-29(26-6-2,27-7-3)15-9-8-10-18(20(21)22)16-28(23,24)19-13-11-17(4)12-14-19;/h10-14H,5-9,15-16H2,1-4H3,(H,21,22);1H4. The van der Waals surface area contributed by atoms with Crippen LogP contribution >= 0.6 is 0 Å². The molecule has 1 aromatic rings. The van der Waals surface area contributed by atoms with Gasteiger partial charge >= 0.3 is 14.8 Å². The first kappa shape index (κ1) is 28.7. The van der Waals surface area contributed by atoms with Crippen molar-refractivity contribution in [3.05, 3.63) is 41.5 Å². The van der Waals surface area contributed by atoms with E-state index in [2.05, 4.69) is 0 Å². The summed E-state index contributed by atoms with van der Waals surface area (Å²) in [6.07, 6.45) is 2.44. The maximum Gasteiger partial charge on any atom is 0.500 e. The highest BCUT2D eigenvalue weighted by Crippen LogP contribution is 2.21. The molecule has 172 valence electrons. The van der Waals surface area contributed by atoms with Crippen LogP contribution in [0.1, 0.15) is 39.2 Å². The number of sulfone groups is 1. The third kappa shape index (κ3) is 9.23. The molecule has 0 saturated heterocycles. The van der Waals surface area contributed by atoms with Gasteiger partial charge in [0.25, 0.3) is 0 Å². The largest absolute Gasteiger partial charge is 0.500 e. The summed E-state index contributed by atoms with van der Waals surface area (Å²) in [5.74, 6) is -1.78. The Balaban J connectivity index is 0.00000841. The summed E-state index contributed by atoms with van der Waals surface area (Å²) < 4.78 is 42.4. The molecule has 0 radical (unpaired) electrons. The molecular formula is C20H36O7SSi2. The van der Waals surface area contributed by atoms with Crippen molar-refractivity contribution in [1.29, 1.82) is 0 Å². The molecule has 0 heterocycles. The molecule has 1 N–H and O–H groups in total. The van der Waals surface area contributed by atoms with E-state index in [1.54, 1.807) is 12.1 Å². The van der Waals surface area contributed by atoms with Gasteiger partial charge in [-0.15, -0.1) is 0 Å². The molecule has 0 bridgehead atoms. The average Bonchev–Trinajstić information content (AvgIpc) is 2.65. The summed E-state index contributed by atoms with van der Waals surface area (Å²) in [4.78, 5) is 11.7. The lowest BCUT2D eigenvalue weighted by atomic mass is 10.2. The number of carboxylic acids is 1. The molecule has 0 aromatic heterocycles. The number of unbranched alkanes of at least 4 members (excludes halogenated alkanes) is 1. The quantitative estimate of drug-likeness (QED) is 0.249. The van der Waals surface area contributed by atoms with Gasteiger partial charge in [-0.05, 0) is 63.6 Å². The Bertz CT molecular complexity index is 760. The Labute approximate surface area is 185 Å². The maximum absolute atomic E-state index is 12.5. The van der Waals surface area contributed by atoms with Gasteiger partial charge in [-0.25, -0.2) is 13.2 Å². The molecule has 0 amide bonds. The zero-order valence-corrected chi connectivity index (χ0v) is 19.5. The monoisotopic (exact) mass is 476 g/mol. The van der Waals surface area contributed by atoms with Crippen molar-refractivity contribution in [1.82, 2.24) is 0 Å². The molecule has 30 heavy (non-hydrogen) atoms. The predicted molar refractivity (Wildman–Crippen MR) is 125 cm³/mol. The first-order chi connectivity index (χ1) is 13.7.